The second-order valence-electron chi connectivity index (χ2n) is 4.66. The predicted molar refractivity (Wildman–Crippen MR) is 68.2 cm³/mol. The highest BCUT2D eigenvalue weighted by Crippen LogP contribution is 2.29. The van der Waals surface area contributed by atoms with Crippen molar-refractivity contribution in [3.05, 3.63) is 34.4 Å². The van der Waals surface area contributed by atoms with Gasteiger partial charge in [-0.05, 0) is 61.8 Å². The van der Waals surface area contributed by atoms with Crippen molar-refractivity contribution < 1.29 is 9.53 Å². The summed E-state index contributed by atoms with van der Waals surface area (Å²) in [7, 11) is 0. The zero-order valence-electron chi connectivity index (χ0n) is 10.7. The molecule has 0 amide bonds. The molecule has 0 unspecified atom stereocenters. The molecule has 1 aromatic rings. The fraction of sp³-hybridized carbons (Fsp3) is 0.533. The van der Waals surface area contributed by atoms with Gasteiger partial charge in [0.2, 0.25) is 0 Å². The molecule has 2 nitrogen and oxygen atoms in total. The Morgan fingerprint density at radius 3 is 2.82 bits per heavy atom. The average Bonchev–Trinajstić information content (AvgIpc) is 2.78. The number of aryl methyl sites for hydroxylation is 2. The van der Waals surface area contributed by atoms with E-state index in [0.29, 0.717) is 13.0 Å². The predicted octanol–water partition coefficient (Wildman–Crippen LogP) is 2.98. The quantitative estimate of drug-likeness (QED) is 0.746. The zero-order chi connectivity index (χ0) is 12.3. The Morgan fingerprint density at radius 2 is 2.06 bits per heavy atom. The lowest BCUT2D eigenvalue weighted by atomic mass is 9.96. The van der Waals surface area contributed by atoms with Crippen LogP contribution in [-0.4, -0.2) is 12.6 Å². The van der Waals surface area contributed by atoms with Crippen LogP contribution >= 0.6 is 0 Å². The van der Waals surface area contributed by atoms with Gasteiger partial charge in [-0.3, -0.25) is 4.79 Å². The van der Waals surface area contributed by atoms with Gasteiger partial charge in [0, 0.05) is 6.42 Å². The van der Waals surface area contributed by atoms with Crippen LogP contribution in [0.5, 0.6) is 0 Å². The van der Waals surface area contributed by atoms with Crippen LogP contribution in [-0.2, 0) is 28.8 Å². The number of esters is 1. The minimum Gasteiger partial charge on any atom is -0.466 e. The molecule has 1 aliphatic rings. The summed E-state index contributed by atoms with van der Waals surface area (Å²) in [6.45, 7) is 4.51. The monoisotopic (exact) mass is 232 g/mol. The van der Waals surface area contributed by atoms with Crippen molar-refractivity contribution >= 4 is 5.97 Å². The van der Waals surface area contributed by atoms with Crippen LogP contribution in [0, 0.1) is 6.92 Å². The van der Waals surface area contributed by atoms with Crippen LogP contribution in [0.3, 0.4) is 0 Å². The summed E-state index contributed by atoms with van der Waals surface area (Å²) in [5, 5.41) is 0. The third-order valence-electron chi connectivity index (χ3n) is 3.52. The first kappa shape index (κ1) is 12.2. The Morgan fingerprint density at radius 1 is 1.29 bits per heavy atom. The van der Waals surface area contributed by atoms with E-state index in [0.717, 1.165) is 6.42 Å². The highest BCUT2D eigenvalue weighted by atomic mass is 16.5. The molecule has 0 fully saturated rings. The normalized spacial score (nSPS) is 13.5. The molecule has 2 heteroatoms. The lowest BCUT2D eigenvalue weighted by Gasteiger charge is -2.10. The van der Waals surface area contributed by atoms with Gasteiger partial charge in [0.05, 0.1) is 6.61 Å². The number of benzene rings is 1. The highest BCUT2D eigenvalue weighted by Gasteiger charge is 2.17. The summed E-state index contributed by atoms with van der Waals surface area (Å²) in [4.78, 5) is 11.4. The highest BCUT2D eigenvalue weighted by molar-refractivity contribution is 5.69. The number of fused-ring (bicyclic) bond motifs is 1. The van der Waals surface area contributed by atoms with Gasteiger partial charge in [0.25, 0.3) is 0 Å². The smallest absolute Gasteiger partial charge is 0.306 e. The lowest BCUT2D eigenvalue weighted by molar-refractivity contribution is -0.143. The average molecular weight is 232 g/mol. The van der Waals surface area contributed by atoms with Crippen LogP contribution in [0.25, 0.3) is 0 Å². The number of rotatable bonds is 4. The van der Waals surface area contributed by atoms with Crippen LogP contribution < -0.4 is 0 Å². The molecular formula is C15H20O2. The Labute approximate surface area is 103 Å². The van der Waals surface area contributed by atoms with E-state index in [9.17, 15) is 4.79 Å². The van der Waals surface area contributed by atoms with E-state index in [2.05, 4.69) is 19.1 Å². The van der Waals surface area contributed by atoms with E-state index >= 15 is 0 Å². The lowest BCUT2D eigenvalue weighted by Crippen LogP contribution is -2.06. The maximum absolute atomic E-state index is 11.4. The van der Waals surface area contributed by atoms with Gasteiger partial charge in [-0.15, -0.1) is 0 Å². The molecular weight excluding hydrogens is 212 g/mol. The molecule has 92 valence electrons. The molecule has 1 aliphatic carbocycles. The summed E-state index contributed by atoms with van der Waals surface area (Å²) < 4.78 is 4.97. The fourth-order valence-electron chi connectivity index (χ4n) is 2.66. The third kappa shape index (κ3) is 2.68. The summed E-state index contributed by atoms with van der Waals surface area (Å²) in [6, 6.07) is 4.36. The Bertz CT molecular complexity index is 421. The van der Waals surface area contributed by atoms with E-state index in [1.54, 1.807) is 0 Å². The number of carbonyl (C=O) groups excluding carboxylic acids is 1. The molecule has 0 aliphatic heterocycles. The Kier molecular flexibility index (Phi) is 3.82. The molecule has 1 aromatic carbocycles. The van der Waals surface area contributed by atoms with Crippen LogP contribution in [0.4, 0.5) is 0 Å². The second kappa shape index (κ2) is 5.35. The topological polar surface area (TPSA) is 26.3 Å². The molecule has 0 saturated heterocycles. The van der Waals surface area contributed by atoms with Crippen LogP contribution in [0.15, 0.2) is 12.1 Å². The molecule has 0 heterocycles. The first-order valence-corrected chi connectivity index (χ1v) is 6.48. The van der Waals surface area contributed by atoms with E-state index in [1.807, 2.05) is 6.92 Å². The largest absolute Gasteiger partial charge is 0.466 e. The Hall–Kier alpha value is -1.31. The van der Waals surface area contributed by atoms with Crippen LogP contribution in [0.1, 0.15) is 42.0 Å². The van der Waals surface area contributed by atoms with Gasteiger partial charge in [0.15, 0.2) is 0 Å². The summed E-state index contributed by atoms with van der Waals surface area (Å²) >= 11 is 0. The minimum atomic E-state index is -0.0835. The molecule has 17 heavy (non-hydrogen) atoms. The van der Waals surface area contributed by atoms with Crippen molar-refractivity contribution in [2.45, 2.75) is 46.0 Å². The molecule has 0 spiro atoms. The summed E-state index contributed by atoms with van der Waals surface area (Å²) in [5.41, 5.74) is 5.76. The van der Waals surface area contributed by atoms with Gasteiger partial charge in [-0.2, -0.15) is 0 Å². The molecule has 2 rings (SSSR count). The summed E-state index contributed by atoms with van der Waals surface area (Å²) in [6.07, 6.45) is 4.96. The van der Waals surface area contributed by atoms with E-state index in [1.165, 1.54) is 41.5 Å². The molecule has 0 radical (unpaired) electrons. The minimum absolute atomic E-state index is 0.0835. The molecule has 0 saturated carbocycles. The van der Waals surface area contributed by atoms with Crippen molar-refractivity contribution in [2.24, 2.45) is 0 Å². The first-order chi connectivity index (χ1) is 8.22. The second-order valence-corrected chi connectivity index (χ2v) is 4.66. The SMILES string of the molecule is CCOC(=O)CCc1ccc(C)c2c1CCC2. The van der Waals surface area contributed by atoms with Gasteiger partial charge in [0.1, 0.15) is 0 Å². The number of ether oxygens (including phenoxy) is 1. The molecule has 0 aromatic heterocycles. The van der Waals surface area contributed by atoms with Crippen molar-refractivity contribution in [3.63, 3.8) is 0 Å². The van der Waals surface area contributed by atoms with E-state index in [-0.39, 0.29) is 5.97 Å². The summed E-state index contributed by atoms with van der Waals surface area (Å²) in [5.74, 6) is -0.0835. The number of hydrogen-bond acceptors (Lipinski definition) is 2. The van der Waals surface area contributed by atoms with Crippen molar-refractivity contribution in [1.29, 1.82) is 0 Å². The third-order valence-corrected chi connectivity index (χ3v) is 3.52. The van der Waals surface area contributed by atoms with Crippen molar-refractivity contribution in [3.8, 4) is 0 Å². The number of carbonyl (C=O) groups is 1. The van der Waals surface area contributed by atoms with Crippen molar-refractivity contribution in [1.82, 2.24) is 0 Å². The van der Waals surface area contributed by atoms with Gasteiger partial charge < -0.3 is 4.74 Å². The molecule has 0 N–H and O–H groups in total. The fourth-order valence-corrected chi connectivity index (χ4v) is 2.66. The zero-order valence-corrected chi connectivity index (χ0v) is 10.7. The van der Waals surface area contributed by atoms with E-state index < -0.39 is 0 Å². The van der Waals surface area contributed by atoms with Gasteiger partial charge >= 0.3 is 5.97 Å². The van der Waals surface area contributed by atoms with Crippen molar-refractivity contribution in [2.75, 3.05) is 6.61 Å². The molecule has 0 bridgehead atoms. The number of hydrogen-bond donors (Lipinski definition) is 0. The maximum atomic E-state index is 11.4. The van der Waals surface area contributed by atoms with Gasteiger partial charge in [-0.1, -0.05) is 12.1 Å². The molecule has 0 atom stereocenters. The maximum Gasteiger partial charge on any atom is 0.306 e. The Balaban J connectivity index is 2.07. The standard InChI is InChI=1S/C15H20O2/c1-3-17-15(16)10-9-12-8-7-11(2)13-5-4-6-14(12)13/h7-8H,3-6,9-10H2,1-2H3. The van der Waals surface area contributed by atoms with Gasteiger partial charge in [-0.25, -0.2) is 0 Å². The van der Waals surface area contributed by atoms with E-state index in [4.69, 9.17) is 4.74 Å². The van der Waals surface area contributed by atoms with Crippen LogP contribution in [0.2, 0.25) is 0 Å². The first-order valence-electron chi connectivity index (χ1n) is 6.48.